The number of amides is 1. The number of benzene rings is 2. The summed E-state index contributed by atoms with van der Waals surface area (Å²) in [5, 5.41) is 21.5. The molecule has 0 bridgehead atoms. The number of nitrogens with zero attached hydrogens (tertiary/aromatic N) is 6. The molecule has 12 heteroatoms. The number of ketones is 1. The summed E-state index contributed by atoms with van der Waals surface area (Å²) < 4.78 is 2.58. The lowest BCUT2D eigenvalue weighted by molar-refractivity contribution is -0.394. The summed E-state index contributed by atoms with van der Waals surface area (Å²) in [7, 11) is 0. The smallest absolute Gasteiger partial charge is 0.390 e. The van der Waals surface area contributed by atoms with Crippen molar-refractivity contribution in [1.82, 2.24) is 24.5 Å². The summed E-state index contributed by atoms with van der Waals surface area (Å²) in [5.74, 6) is -1.37. The predicted molar refractivity (Wildman–Crippen MR) is 114 cm³/mol. The first-order valence-corrected chi connectivity index (χ1v) is 9.56. The van der Waals surface area contributed by atoms with Crippen LogP contribution in [0.3, 0.4) is 0 Å². The van der Waals surface area contributed by atoms with E-state index in [-0.39, 0.29) is 29.4 Å². The van der Waals surface area contributed by atoms with Crippen LogP contribution in [0.15, 0.2) is 67.1 Å². The van der Waals surface area contributed by atoms with Crippen LogP contribution in [0, 0.1) is 10.1 Å². The van der Waals surface area contributed by atoms with Gasteiger partial charge in [-0.3, -0.25) is 9.59 Å². The van der Waals surface area contributed by atoms with Crippen molar-refractivity contribution in [3.63, 3.8) is 0 Å². The number of carbonyl (C=O) groups excluding carboxylic acids is 2. The Hall–Kier alpha value is -4.38. The number of anilines is 1. The van der Waals surface area contributed by atoms with E-state index >= 15 is 0 Å². The van der Waals surface area contributed by atoms with Gasteiger partial charge in [0.1, 0.15) is 0 Å². The highest BCUT2D eigenvalue weighted by Gasteiger charge is 2.18. The van der Waals surface area contributed by atoms with Crippen molar-refractivity contribution >= 4 is 34.9 Å². The van der Waals surface area contributed by atoms with E-state index in [1.807, 2.05) is 0 Å². The number of hydrogen-bond donors (Lipinski definition) is 1. The van der Waals surface area contributed by atoms with Gasteiger partial charge in [-0.05, 0) is 29.2 Å². The van der Waals surface area contributed by atoms with Gasteiger partial charge in [0.05, 0.1) is 5.69 Å². The number of aromatic nitrogens is 5. The number of hydrogen-bond acceptors (Lipinski definition) is 7. The zero-order chi connectivity index (χ0) is 22.7. The summed E-state index contributed by atoms with van der Waals surface area (Å²) in [6, 6.07) is 14.7. The van der Waals surface area contributed by atoms with E-state index in [0.29, 0.717) is 10.6 Å². The molecule has 0 aliphatic heterocycles. The van der Waals surface area contributed by atoms with E-state index in [2.05, 4.69) is 20.5 Å². The number of nitrogens with one attached hydrogen (secondary N) is 1. The van der Waals surface area contributed by atoms with Gasteiger partial charge in [0.15, 0.2) is 18.1 Å². The third-order valence-corrected chi connectivity index (χ3v) is 4.60. The minimum atomic E-state index is -0.709. The molecule has 2 aromatic carbocycles. The van der Waals surface area contributed by atoms with Crippen LogP contribution in [0.5, 0.6) is 0 Å². The highest BCUT2D eigenvalue weighted by atomic mass is 35.5. The van der Waals surface area contributed by atoms with Crippen molar-refractivity contribution in [2.24, 2.45) is 0 Å². The second-order valence-corrected chi connectivity index (χ2v) is 7.00. The number of carbonyl (C=O) groups is 2. The van der Waals surface area contributed by atoms with Crippen LogP contribution >= 0.6 is 11.6 Å². The SMILES string of the molecule is O=C(Nc1ccc(Cl)cc1C(=O)c1ccccc1)c1ccn(Cn2cnc([N+](=O)[O-])n2)n1. The average Bonchev–Trinajstić information content (AvgIpc) is 3.45. The normalized spacial score (nSPS) is 10.7. The fourth-order valence-corrected chi connectivity index (χ4v) is 3.06. The summed E-state index contributed by atoms with van der Waals surface area (Å²) in [5.41, 5.74) is 1.06. The maximum absolute atomic E-state index is 12.9. The van der Waals surface area contributed by atoms with Crippen LogP contribution in [0.2, 0.25) is 5.02 Å². The van der Waals surface area contributed by atoms with Crippen LogP contribution in [0.25, 0.3) is 0 Å². The summed E-state index contributed by atoms with van der Waals surface area (Å²) >= 11 is 6.07. The molecular formula is C20H14ClN7O4. The van der Waals surface area contributed by atoms with Crippen LogP contribution in [-0.2, 0) is 6.67 Å². The molecule has 1 N–H and O–H groups in total. The Kier molecular flexibility index (Phi) is 5.73. The minimum absolute atomic E-state index is 0.0206. The van der Waals surface area contributed by atoms with Gasteiger partial charge < -0.3 is 15.4 Å². The predicted octanol–water partition coefficient (Wildman–Crippen LogP) is 3.03. The molecule has 0 radical (unpaired) electrons. The van der Waals surface area contributed by atoms with Gasteiger partial charge in [-0.15, -0.1) is 0 Å². The van der Waals surface area contributed by atoms with Crippen LogP contribution in [-0.4, -0.2) is 41.2 Å². The Bertz CT molecular complexity index is 1320. The van der Waals surface area contributed by atoms with Gasteiger partial charge in [-0.25, -0.2) is 4.68 Å². The Labute approximate surface area is 185 Å². The third kappa shape index (κ3) is 4.52. The lowest BCUT2D eigenvalue weighted by Crippen LogP contribution is -2.17. The van der Waals surface area contributed by atoms with Gasteiger partial charge in [0, 0.05) is 27.4 Å². The van der Waals surface area contributed by atoms with Gasteiger partial charge in [-0.1, -0.05) is 46.9 Å². The molecule has 0 unspecified atom stereocenters. The van der Waals surface area contributed by atoms with E-state index < -0.39 is 16.8 Å². The molecule has 11 nitrogen and oxygen atoms in total. The highest BCUT2D eigenvalue weighted by Crippen LogP contribution is 2.24. The molecule has 0 saturated heterocycles. The van der Waals surface area contributed by atoms with E-state index in [1.165, 1.54) is 34.0 Å². The molecule has 0 saturated carbocycles. The van der Waals surface area contributed by atoms with Crippen molar-refractivity contribution in [2.75, 3.05) is 5.32 Å². The molecule has 1 amide bonds. The zero-order valence-corrected chi connectivity index (χ0v) is 17.0. The second kappa shape index (κ2) is 8.78. The molecule has 0 aliphatic rings. The summed E-state index contributed by atoms with van der Waals surface area (Å²) in [4.78, 5) is 39.1. The topological polar surface area (TPSA) is 138 Å². The molecule has 0 aliphatic carbocycles. The average molecular weight is 452 g/mol. The van der Waals surface area contributed by atoms with Crippen molar-refractivity contribution < 1.29 is 14.5 Å². The zero-order valence-electron chi connectivity index (χ0n) is 16.3. The van der Waals surface area contributed by atoms with Crippen molar-refractivity contribution in [3.05, 3.63) is 99.1 Å². The van der Waals surface area contributed by atoms with Crippen molar-refractivity contribution in [2.45, 2.75) is 6.67 Å². The molecular weight excluding hydrogens is 438 g/mol. The van der Waals surface area contributed by atoms with Crippen LogP contribution in [0.4, 0.5) is 11.6 Å². The quantitative estimate of drug-likeness (QED) is 0.259. The molecule has 2 aromatic heterocycles. The fourth-order valence-electron chi connectivity index (χ4n) is 2.89. The molecule has 32 heavy (non-hydrogen) atoms. The first-order valence-electron chi connectivity index (χ1n) is 9.18. The Morgan fingerprint density at radius 1 is 1.06 bits per heavy atom. The fraction of sp³-hybridized carbons (Fsp3) is 0.0500. The van der Waals surface area contributed by atoms with Crippen molar-refractivity contribution in [1.29, 1.82) is 0 Å². The lowest BCUT2D eigenvalue weighted by Gasteiger charge is -2.10. The Morgan fingerprint density at radius 2 is 1.84 bits per heavy atom. The van der Waals surface area contributed by atoms with Gasteiger partial charge in [0.2, 0.25) is 6.33 Å². The molecule has 4 rings (SSSR count). The third-order valence-electron chi connectivity index (χ3n) is 4.36. The Balaban J connectivity index is 1.52. The van der Waals surface area contributed by atoms with Gasteiger partial charge in [-0.2, -0.15) is 9.78 Å². The van der Waals surface area contributed by atoms with E-state index in [4.69, 9.17) is 11.6 Å². The van der Waals surface area contributed by atoms with E-state index in [0.717, 1.165) is 0 Å². The highest BCUT2D eigenvalue weighted by molar-refractivity contribution is 6.31. The molecule has 0 fully saturated rings. The van der Waals surface area contributed by atoms with Crippen LogP contribution < -0.4 is 5.32 Å². The van der Waals surface area contributed by atoms with Gasteiger partial charge >= 0.3 is 5.95 Å². The molecule has 2 heterocycles. The number of rotatable bonds is 7. The van der Waals surface area contributed by atoms with Crippen molar-refractivity contribution in [3.8, 4) is 0 Å². The summed E-state index contributed by atoms with van der Waals surface area (Å²) in [6.45, 7) is 0.0206. The molecule has 4 aromatic rings. The lowest BCUT2D eigenvalue weighted by atomic mass is 10.0. The monoisotopic (exact) mass is 451 g/mol. The first-order chi connectivity index (χ1) is 15.4. The second-order valence-electron chi connectivity index (χ2n) is 6.56. The van der Waals surface area contributed by atoms with Crippen LogP contribution in [0.1, 0.15) is 26.4 Å². The molecule has 0 atom stereocenters. The number of halogens is 1. The van der Waals surface area contributed by atoms with E-state index in [1.54, 1.807) is 42.5 Å². The molecule has 0 spiro atoms. The Morgan fingerprint density at radius 3 is 2.56 bits per heavy atom. The number of nitro groups is 1. The summed E-state index contributed by atoms with van der Waals surface area (Å²) in [6.07, 6.45) is 2.70. The first kappa shape index (κ1) is 20.9. The standard InChI is InChI=1S/C20H14ClN7O4/c21-14-6-7-16(15(10-14)18(29)13-4-2-1-3-5-13)23-19(30)17-8-9-26(24-17)12-27-11-22-20(25-27)28(31)32/h1-11H,12H2,(H,23,30). The minimum Gasteiger partial charge on any atom is -0.390 e. The molecule has 160 valence electrons. The van der Waals surface area contributed by atoms with Gasteiger partial charge in [0.25, 0.3) is 5.91 Å². The maximum atomic E-state index is 12.9. The largest absolute Gasteiger partial charge is 0.491 e. The maximum Gasteiger partial charge on any atom is 0.491 e. The van der Waals surface area contributed by atoms with E-state index in [9.17, 15) is 19.7 Å².